The molecule has 3 fully saturated rings. The van der Waals surface area contributed by atoms with Crippen molar-refractivity contribution in [1.82, 2.24) is 14.7 Å². The van der Waals surface area contributed by atoms with Crippen molar-refractivity contribution in [3.05, 3.63) is 0 Å². The summed E-state index contributed by atoms with van der Waals surface area (Å²) in [5, 5.41) is 9.02. The molecule has 1 amide bonds. The molecule has 3 rings (SSSR count). The predicted octanol–water partition coefficient (Wildman–Crippen LogP) is 3.35. The van der Waals surface area contributed by atoms with Crippen LogP contribution in [0.25, 0.3) is 0 Å². The summed E-state index contributed by atoms with van der Waals surface area (Å²) in [6.07, 6.45) is 11.0. The van der Waals surface area contributed by atoms with Crippen molar-refractivity contribution in [2.24, 2.45) is 11.8 Å². The first kappa shape index (κ1) is 19.0. The summed E-state index contributed by atoms with van der Waals surface area (Å²) in [7, 11) is 0. The molecular formula is C20H37N3O2. The van der Waals surface area contributed by atoms with Gasteiger partial charge in [0.1, 0.15) is 0 Å². The third kappa shape index (κ3) is 6.14. The maximum absolute atomic E-state index is 11.0. The smallest absolute Gasteiger partial charge is 0.407 e. The van der Waals surface area contributed by atoms with Crippen molar-refractivity contribution in [1.29, 1.82) is 0 Å². The highest BCUT2D eigenvalue weighted by Crippen LogP contribution is 2.24. The van der Waals surface area contributed by atoms with E-state index in [4.69, 9.17) is 5.11 Å². The second-order valence-corrected chi connectivity index (χ2v) is 8.48. The maximum Gasteiger partial charge on any atom is 0.407 e. The van der Waals surface area contributed by atoms with E-state index in [0.717, 1.165) is 37.8 Å². The molecule has 0 aromatic heterocycles. The summed E-state index contributed by atoms with van der Waals surface area (Å²) in [6, 6.07) is 0. The van der Waals surface area contributed by atoms with Gasteiger partial charge in [-0.3, -0.25) is 0 Å². The minimum absolute atomic E-state index is 0.729. The Kier molecular flexibility index (Phi) is 7.41. The lowest BCUT2D eigenvalue weighted by Gasteiger charge is -2.35. The summed E-state index contributed by atoms with van der Waals surface area (Å²) in [5.41, 5.74) is 0. The van der Waals surface area contributed by atoms with Crippen LogP contribution in [0.2, 0.25) is 0 Å². The Hall–Kier alpha value is -0.810. The molecule has 0 radical (unpaired) electrons. The van der Waals surface area contributed by atoms with Gasteiger partial charge in [0.05, 0.1) is 0 Å². The number of likely N-dealkylation sites (tertiary alicyclic amines) is 3. The highest BCUT2D eigenvalue weighted by Gasteiger charge is 2.24. The third-order valence-electron chi connectivity index (χ3n) is 6.75. The molecule has 3 aliphatic rings. The molecule has 5 nitrogen and oxygen atoms in total. The molecule has 0 saturated carbocycles. The van der Waals surface area contributed by atoms with Gasteiger partial charge in [-0.1, -0.05) is 6.42 Å². The molecule has 0 atom stereocenters. The fraction of sp³-hybridized carbons (Fsp3) is 0.950. The fourth-order valence-electron chi connectivity index (χ4n) is 4.82. The van der Waals surface area contributed by atoms with Gasteiger partial charge in [-0.05, 0) is 102 Å². The monoisotopic (exact) mass is 351 g/mol. The number of nitrogens with zero attached hydrogens (tertiary/aromatic N) is 3. The van der Waals surface area contributed by atoms with E-state index >= 15 is 0 Å². The molecule has 3 aliphatic heterocycles. The molecule has 0 aliphatic carbocycles. The van der Waals surface area contributed by atoms with E-state index in [1.165, 1.54) is 84.2 Å². The van der Waals surface area contributed by atoms with E-state index in [1.54, 1.807) is 4.90 Å². The van der Waals surface area contributed by atoms with E-state index in [2.05, 4.69) is 9.80 Å². The second-order valence-electron chi connectivity index (χ2n) is 8.48. The Bertz CT molecular complexity index is 396. The standard InChI is InChI=1S/C20H37N3O2/c24-20(25)23-16-8-19(9-17-23)7-15-22-13-5-18(6-14-22)4-12-21-10-2-1-3-11-21/h18-19H,1-17H2,(H,24,25). The van der Waals surface area contributed by atoms with Gasteiger partial charge in [0.2, 0.25) is 0 Å². The Morgan fingerprint density at radius 3 is 1.72 bits per heavy atom. The van der Waals surface area contributed by atoms with E-state index in [0.29, 0.717) is 0 Å². The lowest BCUT2D eigenvalue weighted by Crippen LogP contribution is -2.39. The van der Waals surface area contributed by atoms with Crippen molar-refractivity contribution in [3.63, 3.8) is 0 Å². The molecule has 3 heterocycles. The summed E-state index contributed by atoms with van der Waals surface area (Å²) < 4.78 is 0. The van der Waals surface area contributed by atoms with Crippen LogP contribution in [0.4, 0.5) is 4.79 Å². The predicted molar refractivity (Wildman–Crippen MR) is 101 cm³/mol. The lowest BCUT2D eigenvalue weighted by molar-refractivity contribution is 0.115. The minimum atomic E-state index is -0.745. The number of rotatable bonds is 6. The zero-order valence-electron chi connectivity index (χ0n) is 15.9. The lowest BCUT2D eigenvalue weighted by atomic mass is 9.91. The van der Waals surface area contributed by atoms with Crippen LogP contribution in [0.15, 0.2) is 0 Å². The number of hydrogen-bond acceptors (Lipinski definition) is 3. The summed E-state index contributed by atoms with van der Waals surface area (Å²) in [4.78, 5) is 17.9. The van der Waals surface area contributed by atoms with Crippen molar-refractivity contribution < 1.29 is 9.90 Å². The average molecular weight is 352 g/mol. The van der Waals surface area contributed by atoms with Crippen LogP contribution in [0, 0.1) is 11.8 Å². The van der Waals surface area contributed by atoms with Crippen LogP contribution in [-0.4, -0.2) is 78.3 Å². The van der Waals surface area contributed by atoms with Gasteiger partial charge in [-0.25, -0.2) is 4.79 Å². The van der Waals surface area contributed by atoms with Crippen LogP contribution in [-0.2, 0) is 0 Å². The molecule has 0 bridgehead atoms. The Morgan fingerprint density at radius 2 is 1.20 bits per heavy atom. The van der Waals surface area contributed by atoms with Crippen molar-refractivity contribution in [2.45, 2.75) is 57.8 Å². The number of carbonyl (C=O) groups is 1. The first-order valence-corrected chi connectivity index (χ1v) is 10.6. The SMILES string of the molecule is O=C(O)N1CCC(CCN2CCC(CCN3CCCCC3)CC2)CC1. The van der Waals surface area contributed by atoms with E-state index in [-0.39, 0.29) is 0 Å². The van der Waals surface area contributed by atoms with Crippen LogP contribution < -0.4 is 0 Å². The quantitative estimate of drug-likeness (QED) is 0.797. The number of piperidine rings is 3. The number of amides is 1. The summed E-state index contributed by atoms with van der Waals surface area (Å²) >= 11 is 0. The third-order valence-corrected chi connectivity index (χ3v) is 6.75. The molecule has 144 valence electrons. The largest absolute Gasteiger partial charge is 0.465 e. The molecule has 25 heavy (non-hydrogen) atoms. The Morgan fingerprint density at radius 1 is 0.720 bits per heavy atom. The first-order chi connectivity index (χ1) is 12.2. The second kappa shape index (κ2) is 9.77. The fourth-order valence-corrected chi connectivity index (χ4v) is 4.82. The zero-order chi connectivity index (χ0) is 17.5. The van der Waals surface area contributed by atoms with Gasteiger partial charge < -0.3 is 19.8 Å². The van der Waals surface area contributed by atoms with Crippen molar-refractivity contribution in [2.75, 3.05) is 52.4 Å². The minimum Gasteiger partial charge on any atom is -0.465 e. The first-order valence-electron chi connectivity index (χ1n) is 10.6. The summed E-state index contributed by atoms with van der Waals surface area (Å²) in [6.45, 7) is 9.23. The Labute approximate surface area is 153 Å². The summed E-state index contributed by atoms with van der Waals surface area (Å²) in [5.74, 6) is 1.67. The van der Waals surface area contributed by atoms with Crippen LogP contribution in [0.3, 0.4) is 0 Å². The average Bonchev–Trinajstić information content (AvgIpc) is 2.67. The topological polar surface area (TPSA) is 47.0 Å². The molecule has 0 aromatic carbocycles. The van der Waals surface area contributed by atoms with Crippen molar-refractivity contribution in [3.8, 4) is 0 Å². The van der Waals surface area contributed by atoms with Crippen molar-refractivity contribution >= 4 is 6.09 Å². The van der Waals surface area contributed by atoms with Gasteiger partial charge in [-0.2, -0.15) is 0 Å². The van der Waals surface area contributed by atoms with E-state index in [9.17, 15) is 4.79 Å². The molecule has 0 unspecified atom stereocenters. The van der Waals surface area contributed by atoms with Gasteiger partial charge in [0.25, 0.3) is 0 Å². The highest BCUT2D eigenvalue weighted by molar-refractivity contribution is 5.64. The van der Waals surface area contributed by atoms with E-state index < -0.39 is 6.09 Å². The molecule has 3 saturated heterocycles. The molecule has 0 aromatic rings. The number of hydrogen-bond donors (Lipinski definition) is 1. The molecular weight excluding hydrogens is 314 g/mol. The van der Waals surface area contributed by atoms with Gasteiger partial charge in [0, 0.05) is 13.1 Å². The van der Waals surface area contributed by atoms with Crippen LogP contribution in [0.1, 0.15) is 57.8 Å². The molecule has 1 N–H and O–H groups in total. The van der Waals surface area contributed by atoms with Gasteiger partial charge in [-0.15, -0.1) is 0 Å². The normalized spacial score (nSPS) is 25.4. The van der Waals surface area contributed by atoms with Crippen LogP contribution in [0.5, 0.6) is 0 Å². The van der Waals surface area contributed by atoms with Gasteiger partial charge >= 0.3 is 6.09 Å². The Balaban J connectivity index is 1.25. The maximum atomic E-state index is 11.0. The van der Waals surface area contributed by atoms with Crippen LogP contribution >= 0.6 is 0 Å². The van der Waals surface area contributed by atoms with E-state index in [1.807, 2.05) is 0 Å². The highest BCUT2D eigenvalue weighted by atomic mass is 16.4. The molecule has 0 spiro atoms. The molecule has 5 heteroatoms. The van der Waals surface area contributed by atoms with Gasteiger partial charge in [0.15, 0.2) is 0 Å². The zero-order valence-corrected chi connectivity index (χ0v) is 15.9. The number of carboxylic acid groups (broad SMARTS) is 1.